The smallest absolute Gasteiger partial charge is 0.350 e. The van der Waals surface area contributed by atoms with E-state index >= 15 is 0 Å². The van der Waals surface area contributed by atoms with Gasteiger partial charge in [0.15, 0.2) is 0 Å². The molecule has 0 saturated carbocycles. The Morgan fingerprint density at radius 3 is 2.46 bits per heavy atom. The standard InChI is InChI=1S/C30H38N6O2S/c1-4-6-17-34-22-31-32-28(34)30(15-19-38-20-16-30)24-9-8-10-27(21-24)39-26-13-11-25(12-14-26)36-29(37)35(18-7-5-2)23(3)33-36/h8-14,21-22H,4-7,15-20H2,1-3H3. The second kappa shape index (κ2) is 12.3. The number of ether oxygens (including phenoxy) is 1. The number of hydrogen-bond donors (Lipinski definition) is 0. The summed E-state index contributed by atoms with van der Waals surface area (Å²) in [4.78, 5) is 15.2. The largest absolute Gasteiger partial charge is 0.381 e. The van der Waals surface area contributed by atoms with Crippen molar-refractivity contribution in [2.75, 3.05) is 13.2 Å². The zero-order valence-electron chi connectivity index (χ0n) is 23.2. The molecule has 206 valence electrons. The van der Waals surface area contributed by atoms with Crippen LogP contribution in [0.3, 0.4) is 0 Å². The Morgan fingerprint density at radius 1 is 0.974 bits per heavy atom. The first-order chi connectivity index (χ1) is 19.1. The fraction of sp³-hybridized carbons (Fsp3) is 0.467. The molecule has 4 aromatic rings. The van der Waals surface area contributed by atoms with E-state index in [4.69, 9.17) is 4.74 Å². The minimum absolute atomic E-state index is 0.0809. The summed E-state index contributed by atoms with van der Waals surface area (Å²) >= 11 is 1.72. The molecule has 5 rings (SSSR count). The Kier molecular flexibility index (Phi) is 8.67. The third kappa shape index (κ3) is 5.75. The molecule has 3 heterocycles. The molecule has 2 aromatic carbocycles. The van der Waals surface area contributed by atoms with E-state index in [1.54, 1.807) is 16.3 Å². The first kappa shape index (κ1) is 27.4. The van der Waals surface area contributed by atoms with Gasteiger partial charge >= 0.3 is 5.69 Å². The van der Waals surface area contributed by atoms with Crippen molar-refractivity contribution in [2.45, 2.75) is 87.6 Å². The molecule has 1 saturated heterocycles. The molecule has 1 fully saturated rings. The molecule has 9 heteroatoms. The van der Waals surface area contributed by atoms with Gasteiger partial charge < -0.3 is 9.30 Å². The average Bonchev–Trinajstić information content (AvgIpc) is 3.56. The summed E-state index contributed by atoms with van der Waals surface area (Å²) in [7, 11) is 0. The van der Waals surface area contributed by atoms with Gasteiger partial charge in [-0.2, -0.15) is 9.78 Å². The summed E-state index contributed by atoms with van der Waals surface area (Å²) in [6.07, 6.45) is 7.90. The van der Waals surface area contributed by atoms with E-state index in [9.17, 15) is 4.79 Å². The van der Waals surface area contributed by atoms with Gasteiger partial charge in [0.05, 0.1) is 11.1 Å². The Balaban J connectivity index is 1.39. The monoisotopic (exact) mass is 546 g/mol. The van der Waals surface area contributed by atoms with E-state index in [2.05, 4.69) is 70.1 Å². The summed E-state index contributed by atoms with van der Waals surface area (Å²) in [5.41, 5.74) is 1.75. The Morgan fingerprint density at radius 2 is 1.72 bits per heavy atom. The van der Waals surface area contributed by atoms with Gasteiger partial charge in [0.25, 0.3) is 0 Å². The molecule has 0 bridgehead atoms. The molecule has 0 amide bonds. The lowest BCUT2D eigenvalue weighted by atomic mass is 9.73. The average molecular weight is 547 g/mol. The fourth-order valence-corrected chi connectivity index (χ4v) is 6.24. The van der Waals surface area contributed by atoms with Crippen molar-refractivity contribution in [3.8, 4) is 5.69 Å². The summed E-state index contributed by atoms with van der Waals surface area (Å²) in [6.45, 7) is 9.29. The van der Waals surface area contributed by atoms with Gasteiger partial charge in [0.1, 0.15) is 18.0 Å². The highest BCUT2D eigenvalue weighted by atomic mass is 32.2. The number of nitrogens with zero attached hydrogens (tertiary/aromatic N) is 6. The molecule has 1 aliphatic heterocycles. The molecule has 0 N–H and O–H groups in total. The predicted octanol–water partition coefficient (Wildman–Crippen LogP) is 5.78. The predicted molar refractivity (Wildman–Crippen MR) is 154 cm³/mol. The molecule has 0 radical (unpaired) electrons. The maximum atomic E-state index is 12.9. The number of benzene rings is 2. The number of rotatable bonds is 11. The summed E-state index contributed by atoms with van der Waals surface area (Å²) in [5.74, 6) is 1.79. The van der Waals surface area contributed by atoms with E-state index in [0.29, 0.717) is 19.8 Å². The molecule has 39 heavy (non-hydrogen) atoms. The quantitative estimate of drug-likeness (QED) is 0.237. The number of aryl methyl sites for hydroxylation is 2. The lowest BCUT2D eigenvalue weighted by Gasteiger charge is -2.37. The lowest BCUT2D eigenvalue weighted by Crippen LogP contribution is -2.37. The maximum Gasteiger partial charge on any atom is 0.350 e. The highest BCUT2D eigenvalue weighted by Crippen LogP contribution is 2.42. The number of unbranched alkanes of at least 4 members (excludes halogenated alkanes) is 2. The van der Waals surface area contributed by atoms with Gasteiger partial charge in [-0.15, -0.1) is 10.2 Å². The van der Waals surface area contributed by atoms with Gasteiger partial charge in [0, 0.05) is 36.1 Å². The topological polar surface area (TPSA) is 79.8 Å². The molecular weight excluding hydrogens is 508 g/mol. The van der Waals surface area contributed by atoms with E-state index in [0.717, 1.165) is 67.3 Å². The van der Waals surface area contributed by atoms with Crippen molar-refractivity contribution in [2.24, 2.45) is 0 Å². The summed E-state index contributed by atoms with van der Waals surface area (Å²) < 4.78 is 11.3. The third-order valence-corrected chi connectivity index (χ3v) is 8.63. The second-order valence-corrected chi connectivity index (χ2v) is 11.4. The summed E-state index contributed by atoms with van der Waals surface area (Å²) in [6, 6.07) is 16.9. The van der Waals surface area contributed by atoms with Crippen LogP contribution in [0.5, 0.6) is 0 Å². The van der Waals surface area contributed by atoms with E-state index in [1.165, 1.54) is 15.1 Å². The second-order valence-electron chi connectivity index (χ2n) is 10.3. The molecule has 8 nitrogen and oxygen atoms in total. The first-order valence-corrected chi connectivity index (χ1v) is 14.9. The van der Waals surface area contributed by atoms with Gasteiger partial charge in [-0.05, 0) is 74.6 Å². The minimum Gasteiger partial charge on any atom is -0.381 e. The molecular formula is C30H38N6O2S. The van der Waals surface area contributed by atoms with Crippen molar-refractivity contribution in [1.29, 1.82) is 0 Å². The van der Waals surface area contributed by atoms with E-state index in [-0.39, 0.29) is 11.1 Å². The molecule has 0 spiro atoms. The van der Waals surface area contributed by atoms with Crippen LogP contribution in [0, 0.1) is 6.92 Å². The van der Waals surface area contributed by atoms with E-state index in [1.807, 2.05) is 25.4 Å². The van der Waals surface area contributed by atoms with Crippen LogP contribution in [0.15, 0.2) is 69.4 Å². The van der Waals surface area contributed by atoms with Crippen LogP contribution in [-0.2, 0) is 23.2 Å². The van der Waals surface area contributed by atoms with Crippen molar-refractivity contribution >= 4 is 11.8 Å². The first-order valence-electron chi connectivity index (χ1n) is 14.1. The maximum absolute atomic E-state index is 12.9. The van der Waals surface area contributed by atoms with Crippen LogP contribution in [-0.4, -0.2) is 42.3 Å². The number of hydrogen-bond acceptors (Lipinski definition) is 6. The van der Waals surface area contributed by atoms with Crippen LogP contribution >= 0.6 is 11.8 Å². The SMILES string of the molecule is CCCCn1cnnc1C1(c2cccc(Sc3ccc(-n4nc(C)n(CCCC)c4=O)cc3)c2)CCOCC1. The van der Waals surface area contributed by atoms with Gasteiger partial charge in [-0.25, -0.2) is 4.79 Å². The van der Waals surface area contributed by atoms with Crippen LogP contribution in [0.2, 0.25) is 0 Å². The van der Waals surface area contributed by atoms with Crippen LogP contribution < -0.4 is 5.69 Å². The third-order valence-electron chi connectivity index (χ3n) is 7.63. The van der Waals surface area contributed by atoms with Crippen LogP contribution in [0.1, 0.15) is 69.6 Å². The Labute approximate surface area is 234 Å². The van der Waals surface area contributed by atoms with Gasteiger partial charge in [-0.1, -0.05) is 50.6 Å². The van der Waals surface area contributed by atoms with Crippen molar-refractivity contribution in [3.63, 3.8) is 0 Å². The van der Waals surface area contributed by atoms with Gasteiger partial charge in [-0.3, -0.25) is 4.57 Å². The highest BCUT2D eigenvalue weighted by Gasteiger charge is 2.40. The van der Waals surface area contributed by atoms with Crippen molar-refractivity contribution < 1.29 is 4.74 Å². The lowest BCUT2D eigenvalue weighted by molar-refractivity contribution is 0.0591. The molecule has 0 aliphatic carbocycles. The zero-order chi connectivity index (χ0) is 27.2. The molecule has 1 aliphatic rings. The fourth-order valence-electron chi connectivity index (χ4n) is 5.36. The number of aromatic nitrogens is 6. The minimum atomic E-state index is -0.210. The van der Waals surface area contributed by atoms with E-state index < -0.39 is 0 Å². The Bertz CT molecular complexity index is 1430. The normalized spacial score (nSPS) is 15.1. The molecule has 0 unspecified atom stereocenters. The zero-order valence-corrected chi connectivity index (χ0v) is 24.0. The molecule has 0 atom stereocenters. The van der Waals surface area contributed by atoms with Gasteiger partial charge in [0.2, 0.25) is 0 Å². The van der Waals surface area contributed by atoms with Crippen LogP contribution in [0.25, 0.3) is 5.69 Å². The van der Waals surface area contributed by atoms with Crippen molar-refractivity contribution in [3.05, 3.63) is 82.6 Å². The van der Waals surface area contributed by atoms with Crippen LogP contribution in [0.4, 0.5) is 0 Å². The molecule has 2 aromatic heterocycles. The summed E-state index contributed by atoms with van der Waals surface area (Å²) in [5, 5.41) is 13.5. The Hall–Kier alpha value is -3.17. The van der Waals surface area contributed by atoms with Crippen molar-refractivity contribution in [1.82, 2.24) is 29.1 Å². The highest BCUT2D eigenvalue weighted by molar-refractivity contribution is 7.99.